The molecule has 1 aromatic rings. The van der Waals surface area contributed by atoms with Gasteiger partial charge >= 0.3 is 0 Å². The fraction of sp³-hybridized carbons (Fsp3) is 0.538. The molecule has 0 bridgehead atoms. The van der Waals surface area contributed by atoms with E-state index in [-0.39, 0.29) is 5.91 Å². The van der Waals surface area contributed by atoms with E-state index in [1.54, 1.807) is 6.92 Å². The zero-order valence-corrected chi connectivity index (χ0v) is 10.1. The molecule has 1 amide bonds. The SMILES string of the molecule is [B]C(C)C(=O)Nc1ccc(CC2CCC2)cn1. The van der Waals surface area contributed by atoms with Crippen LogP contribution in [0.3, 0.4) is 0 Å². The third-order valence-electron chi connectivity index (χ3n) is 3.24. The molecule has 1 heterocycles. The summed E-state index contributed by atoms with van der Waals surface area (Å²) in [5.74, 6) is 0.696. The van der Waals surface area contributed by atoms with Crippen molar-refractivity contribution in [2.24, 2.45) is 5.92 Å². The first-order chi connectivity index (χ1) is 8.15. The van der Waals surface area contributed by atoms with Gasteiger partial charge in [0.15, 0.2) is 0 Å². The number of nitrogens with zero attached hydrogens (tertiary/aromatic N) is 1. The van der Waals surface area contributed by atoms with E-state index in [9.17, 15) is 4.79 Å². The van der Waals surface area contributed by atoms with E-state index < -0.39 is 5.82 Å². The summed E-state index contributed by atoms with van der Waals surface area (Å²) in [6.07, 6.45) is 6.98. The van der Waals surface area contributed by atoms with Gasteiger partial charge in [-0.05, 0) is 29.8 Å². The molecule has 2 radical (unpaired) electrons. The van der Waals surface area contributed by atoms with E-state index >= 15 is 0 Å². The summed E-state index contributed by atoms with van der Waals surface area (Å²) in [6.45, 7) is 1.65. The lowest BCUT2D eigenvalue weighted by Gasteiger charge is -2.25. The number of hydrogen-bond acceptors (Lipinski definition) is 2. The Morgan fingerprint density at radius 3 is 2.82 bits per heavy atom. The average Bonchev–Trinajstić information content (AvgIpc) is 2.25. The van der Waals surface area contributed by atoms with E-state index in [0.717, 1.165) is 12.3 Å². The largest absolute Gasteiger partial charge is 0.311 e. The van der Waals surface area contributed by atoms with Gasteiger partial charge in [0.1, 0.15) is 5.82 Å². The van der Waals surface area contributed by atoms with Crippen LogP contribution < -0.4 is 5.32 Å². The maximum absolute atomic E-state index is 11.4. The number of pyridine rings is 1. The maximum Gasteiger partial charge on any atom is 0.219 e. The van der Waals surface area contributed by atoms with Crippen LogP contribution in [0.4, 0.5) is 5.82 Å². The fourth-order valence-corrected chi connectivity index (χ4v) is 1.89. The fourth-order valence-electron chi connectivity index (χ4n) is 1.89. The van der Waals surface area contributed by atoms with Crippen molar-refractivity contribution in [3.8, 4) is 0 Å². The summed E-state index contributed by atoms with van der Waals surface area (Å²) in [6, 6.07) is 3.87. The average molecular weight is 228 g/mol. The first kappa shape index (κ1) is 12.2. The van der Waals surface area contributed by atoms with Crippen LogP contribution in [0.15, 0.2) is 18.3 Å². The zero-order valence-electron chi connectivity index (χ0n) is 10.1. The van der Waals surface area contributed by atoms with E-state index in [2.05, 4.69) is 10.3 Å². The predicted octanol–water partition coefficient (Wildman–Crippen LogP) is 2.34. The van der Waals surface area contributed by atoms with E-state index in [4.69, 9.17) is 7.85 Å². The Kier molecular flexibility index (Phi) is 3.82. The van der Waals surface area contributed by atoms with Crippen LogP contribution in [0.2, 0.25) is 5.82 Å². The van der Waals surface area contributed by atoms with E-state index in [1.807, 2.05) is 18.3 Å². The molecule has 0 aliphatic heterocycles. The topological polar surface area (TPSA) is 42.0 Å². The molecule has 0 saturated heterocycles. The second kappa shape index (κ2) is 5.34. The quantitative estimate of drug-likeness (QED) is 0.803. The smallest absolute Gasteiger partial charge is 0.219 e. The van der Waals surface area contributed by atoms with E-state index in [0.29, 0.717) is 5.82 Å². The molecule has 0 spiro atoms. The lowest BCUT2D eigenvalue weighted by atomic mass is 9.81. The van der Waals surface area contributed by atoms with Crippen LogP contribution >= 0.6 is 0 Å². The second-order valence-electron chi connectivity index (χ2n) is 4.83. The monoisotopic (exact) mass is 228 g/mol. The summed E-state index contributed by atoms with van der Waals surface area (Å²) in [5.41, 5.74) is 1.24. The first-order valence-electron chi connectivity index (χ1n) is 6.16. The molecular weight excluding hydrogens is 211 g/mol. The van der Waals surface area contributed by atoms with Gasteiger partial charge in [-0.2, -0.15) is 0 Å². The molecule has 3 nitrogen and oxygen atoms in total. The lowest BCUT2D eigenvalue weighted by molar-refractivity contribution is -0.115. The number of amides is 1. The van der Waals surface area contributed by atoms with Gasteiger partial charge in [-0.3, -0.25) is 4.79 Å². The minimum absolute atomic E-state index is 0.204. The van der Waals surface area contributed by atoms with Crippen LogP contribution in [0.1, 0.15) is 31.7 Å². The predicted molar refractivity (Wildman–Crippen MR) is 69.1 cm³/mol. The molecule has 1 fully saturated rings. The Morgan fingerprint density at radius 2 is 2.35 bits per heavy atom. The van der Waals surface area contributed by atoms with Crippen molar-refractivity contribution in [3.05, 3.63) is 23.9 Å². The number of carbonyl (C=O) groups excluding carboxylic acids is 1. The lowest BCUT2D eigenvalue weighted by Crippen LogP contribution is -2.17. The zero-order chi connectivity index (χ0) is 12.3. The molecule has 0 aromatic carbocycles. The van der Waals surface area contributed by atoms with Crippen LogP contribution in [0.5, 0.6) is 0 Å². The van der Waals surface area contributed by atoms with Crippen molar-refractivity contribution < 1.29 is 4.79 Å². The van der Waals surface area contributed by atoms with Gasteiger partial charge in [-0.15, -0.1) is 0 Å². The van der Waals surface area contributed by atoms with Gasteiger partial charge in [-0.1, -0.05) is 32.3 Å². The van der Waals surface area contributed by atoms with Crippen molar-refractivity contribution in [1.29, 1.82) is 0 Å². The number of carbonyl (C=O) groups is 1. The van der Waals surface area contributed by atoms with Gasteiger partial charge in [0.25, 0.3) is 0 Å². The summed E-state index contributed by atoms with van der Waals surface area (Å²) in [7, 11) is 5.47. The molecule has 1 saturated carbocycles. The summed E-state index contributed by atoms with van der Waals surface area (Å²) in [5, 5.41) is 2.67. The molecule has 17 heavy (non-hydrogen) atoms. The van der Waals surface area contributed by atoms with Crippen molar-refractivity contribution in [2.45, 2.75) is 38.4 Å². The Hall–Kier alpha value is -1.32. The minimum atomic E-state index is -0.508. The Labute approximate surface area is 103 Å². The molecule has 1 aliphatic carbocycles. The van der Waals surface area contributed by atoms with Crippen molar-refractivity contribution in [1.82, 2.24) is 4.98 Å². The molecule has 88 valence electrons. The number of aromatic nitrogens is 1. The normalized spacial score (nSPS) is 17.2. The van der Waals surface area contributed by atoms with Gasteiger partial charge in [0, 0.05) is 6.20 Å². The Bertz CT molecular complexity index is 385. The van der Waals surface area contributed by atoms with Gasteiger partial charge in [-0.25, -0.2) is 4.98 Å². The molecule has 1 aromatic heterocycles. The van der Waals surface area contributed by atoms with Crippen LogP contribution in [-0.2, 0) is 11.2 Å². The number of rotatable bonds is 4. The molecule has 1 N–H and O–H groups in total. The van der Waals surface area contributed by atoms with Crippen LogP contribution in [-0.4, -0.2) is 18.7 Å². The molecule has 1 atom stereocenters. The molecule has 1 unspecified atom stereocenters. The third kappa shape index (κ3) is 3.32. The maximum atomic E-state index is 11.4. The van der Waals surface area contributed by atoms with Crippen LogP contribution in [0, 0.1) is 5.92 Å². The van der Waals surface area contributed by atoms with Crippen molar-refractivity contribution >= 4 is 19.6 Å². The minimum Gasteiger partial charge on any atom is -0.311 e. The third-order valence-corrected chi connectivity index (χ3v) is 3.24. The highest BCUT2D eigenvalue weighted by Gasteiger charge is 2.17. The van der Waals surface area contributed by atoms with Crippen molar-refractivity contribution in [2.75, 3.05) is 5.32 Å². The molecule has 4 heteroatoms. The summed E-state index contributed by atoms with van der Waals surface area (Å²) >= 11 is 0. The Balaban J connectivity index is 1.90. The van der Waals surface area contributed by atoms with Gasteiger partial charge < -0.3 is 5.32 Å². The highest BCUT2D eigenvalue weighted by atomic mass is 16.1. The second-order valence-corrected chi connectivity index (χ2v) is 4.83. The highest BCUT2D eigenvalue weighted by molar-refractivity contribution is 6.25. The van der Waals surface area contributed by atoms with E-state index in [1.165, 1.54) is 24.8 Å². The standard InChI is InChI=1S/C13H17BN2O/c1-9(14)13(17)16-12-6-5-11(8-15-12)7-10-3-2-4-10/h5-6,8-10H,2-4,7H2,1H3,(H,15,16,17). The Morgan fingerprint density at radius 1 is 1.59 bits per heavy atom. The number of anilines is 1. The van der Waals surface area contributed by atoms with Gasteiger partial charge in [0.05, 0.1) is 7.85 Å². The molecule has 2 rings (SSSR count). The van der Waals surface area contributed by atoms with Gasteiger partial charge in [0.2, 0.25) is 5.91 Å². The summed E-state index contributed by atoms with van der Waals surface area (Å²) < 4.78 is 0. The number of hydrogen-bond donors (Lipinski definition) is 1. The molecule has 1 aliphatic rings. The first-order valence-corrected chi connectivity index (χ1v) is 6.16. The molecular formula is C13H17BN2O. The summed E-state index contributed by atoms with van der Waals surface area (Å²) in [4.78, 5) is 15.6. The van der Waals surface area contributed by atoms with Crippen LogP contribution in [0.25, 0.3) is 0 Å². The highest BCUT2D eigenvalue weighted by Crippen LogP contribution is 2.29. The van der Waals surface area contributed by atoms with Crippen molar-refractivity contribution in [3.63, 3.8) is 0 Å². The number of nitrogens with one attached hydrogen (secondary N) is 1.